The molecule has 0 aliphatic heterocycles. The van der Waals surface area contributed by atoms with Gasteiger partial charge in [-0.15, -0.1) is 0 Å². The summed E-state index contributed by atoms with van der Waals surface area (Å²) in [6, 6.07) is 9.51. The fourth-order valence-corrected chi connectivity index (χ4v) is 3.01. The molecule has 0 saturated carbocycles. The molecular formula is C14H22BrNS. The third-order valence-electron chi connectivity index (χ3n) is 2.78. The van der Waals surface area contributed by atoms with Crippen molar-refractivity contribution in [2.45, 2.75) is 39.3 Å². The Morgan fingerprint density at radius 1 is 1.35 bits per heavy atom. The van der Waals surface area contributed by atoms with Crippen molar-refractivity contribution in [3.63, 3.8) is 0 Å². The topological polar surface area (TPSA) is 12.0 Å². The first kappa shape index (κ1) is 15.1. The van der Waals surface area contributed by atoms with Gasteiger partial charge >= 0.3 is 0 Å². The number of hydrogen-bond acceptors (Lipinski definition) is 2. The lowest BCUT2D eigenvalue weighted by molar-refractivity contribution is 0.471. The van der Waals surface area contributed by atoms with Crippen molar-refractivity contribution in [1.82, 2.24) is 5.32 Å². The Morgan fingerprint density at radius 2 is 2.12 bits per heavy atom. The fourth-order valence-electron chi connectivity index (χ4n) is 1.79. The molecule has 3 heteroatoms. The van der Waals surface area contributed by atoms with Crippen LogP contribution in [-0.2, 0) is 0 Å². The number of nitrogens with one attached hydrogen (secondary N) is 1. The van der Waals surface area contributed by atoms with Crippen LogP contribution in [0.25, 0.3) is 0 Å². The standard InChI is InChI=1S/C14H22BrNS/c1-4-17-9-8-11(2)16-12(3)13-6-5-7-14(15)10-13/h5-7,10-12,16H,4,8-9H2,1-3H3. The molecule has 96 valence electrons. The van der Waals surface area contributed by atoms with Crippen molar-refractivity contribution < 1.29 is 0 Å². The van der Waals surface area contributed by atoms with Crippen molar-refractivity contribution in [1.29, 1.82) is 0 Å². The Labute approximate surface area is 118 Å². The molecule has 0 fully saturated rings. The Bertz CT molecular complexity index is 330. The van der Waals surface area contributed by atoms with E-state index in [1.807, 2.05) is 11.8 Å². The van der Waals surface area contributed by atoms with Crippen LogP contribution in [0.4, 0.5) is 0 Å². The van der Waals surface area contributed by atoms with Gasteiger partial charge in [0.05, 0.1) is 0 Å². The van der Waals surface area contributed by atoms with E-state index in [1.54, 1.807) is 0 Å². The lowest BCUT2D eigenvalue weighted by Crippen LogP contribution is -2.29. The molecule has 2 unspecified atom stereocenters. The molecule has 1 N–H and O–H groups in total. The quantitative estimate of drug-likeness (QED) is 0.736. The van der Waals surface area contributed by atoms with E-state index in [9.17, 15) is 0 Å². The summed E-state index contributed by atoms with van der Waals surface area (Å²) in [5.74, 6) is 2.46. The lowest BCUT2D eigenvalue weighted by atomic mass is 10.1. The van der Waals surface area contributed by atoms with Crippen LogP contribution in [0, 0.1) is 0 Å². The van der Waals surface area contributed by atoms with E-state index < -0.39 is 0 Å². The molecule has 0 amide bonds. The smallest absolute Gasteiger partial charge is 0.0294 e. The Morgan fingerprint density at radius 3 is 2.76 bits per heavy atom. The van der Waals surface area contributed by atoms with Crippen molar-refractivity contribution in [3.8, 4) is 0 Å². The Hall–Kier alpha value is 0.01000. The monoisotopic (exact) mass is 315 g/mol. The van der Waals surface area contributed by atoms with Gasteiger partial charge in [-0.25, -0.2) is 0 Å². The minimum atomic E-state index is 0.411. The molecule has 1 aromatic rings. The molecule has 0 aliphatic rings. The first-order valence-corrected chi connectivity index (χ1v) is 8.17. The van der Waals surface area contributed by atoms with E-state index in [1.165, 1.54) is 23.5 Å². The van der Waals surface area contributed by atoms with Crippen molar-refractivity contribution >= 4 is 27.7 Å². The third kappa shape index (κ3) is 5.94. The van der Waals surface area contributed by atoms with Crippen LogP contribution in [0.5, 0.6) is 0 Å². The van der Waals surface area contributed by atoms with Gasteiger partial charge in [0.25, 0.3) is 0 Å². The van der Waals surface area contributed by atoms with Crippen LogP contribution in [0.3, 0.4) is 0 Å². The van der Waals surface area contributed by atoms with Gasteiger partial charge < -0.3 is 5.32 Å². The maximum Gasteiger partial charge on any atom is 0.0294 e. The second-order valence-corrected chi connectivity index (χ2v) is 6.64. The first-order valence-electron chi connectivity index (χ1n) is 6.22. The van der Waals surface area contributed by atoms with E-state index in [0.29, 0.717) is 12.1 Å². The second-order valence-electron chi connectivity index (χ2n) is 4.33. The predicted octanol–water partition coefficient (Wildman–Crippen LogP) is 4.63. The zero-order chi connectivity index (χ0) is 12.7. The zero-order valence-electron chi connectivity index (χ0n) is 10.9. The molecule has 0 radical (unpaired) electrons. The Balaban J connectivity index is 2.40. The van der Waals surface area contributed by atoms with Gasteiger partial charge in [-0.2, -0.15) is 11.8 Å². The van der Waals surface area contributed by atoms with Crippen LogP contribution in [0.1, 0.15) is 38.8 Å². The maximum atomic E-state index is 3.65. The molecule has 1 rings (SSSR count). The summed E-state index contributed by atoms with van der Waals surface area (Å²) in [6.45, 7) is 6.71. The highest BCUT2D eigenvalue weighted by Gasteiger charge is 2.09. The molecule has 0 saturated heterocycles. The minimum absolute atomic E-state index is 0.411. The molecule has 0 spiro atoms. The number of halogens is 1. The molecule has 0 aromatic heterocycles. The van der Waals surface area contributed by atoms with Gasteiger partial charge in [-0.3, -0.25) is 0 Å². The molecule has 0 heterocycles. The fraction of sp³-hybridized carbons (Fsp3) is 0.571. The summed E-state index contributed by atoms with van der Waals surface area (Å²) in [4.78, 5) is 0. The van der Waals surface area contributed by atoms with Gasteiger partial charge in [-0.05, 0) is 49.5 Å². The van der Waals surface area contributed by atoms with Crippen LogP contribution < -0.4 is 5.32 Å². The maximum absolute atomic E-state index is 3.65. The predicted molar refractivity (Wildman–Crippen MR) is 82.8 cm³/mol. The zero-order valence-corrected chi connectivity index (χ0v) is 13.3. The molecule has 2 atom stereocenters. The van der Waals surface area contributed by atoms with Gasteiger partial charge in [0.15, 0.2) is 0 Å². The number of hydrogen-bond donors (Lipinski definition) is 1. The summed E-state index contributed by atoms with van der Waals surface area (Å²) >= 11 is 5.53. The summed E-state index contributed by atoms with van der Waals surface area (Å²) in [5.41, 5.74) is 1.34. The van der Waals surface area contributed by atoms with Crippen LogP contribution in [-0.4, -0.2) is 17.5 Å². The highest BCUT2D eigenvalue weighted by Crippen LogP contribution is 2.18. The van der Waals surface area contributed by atoms with Crippen molar-refractivity contribution in [3.05, 3.63) is 34.3 Å². The van der Waals surface area contributed by atoms with E-state index in [2.05, 4.69) is 66.3 Å². The molecule has 17 heavy (non-hydrogen) atoms. The van der Waals surface area contributed by atoms with Crippen LogP contribution in [0.2, 0.25) is 0 Å². The number of rotatable bonds is 7. The molecule has 1 nitrogen and oxygen atoms in total. The summed E-state index contributed by atoms with van der Waals surface area (Å²) < 4.78 is 1.15. The van der Waals surface area contributed by atoms with Gasteiger partial charge in [0, 0.05) is 16.6 Å². The SMILES string of the molecule is CCSCCC(C)NC(C)c1cccc(Br)c1. The summed E-state index contributed by atoms with van der Waals surface area (Å²) in [7, 11) is 0. The second kappa shape index (κ2) is 8.17. The van der Waals surface area contributed by atoms with E-state index >= 15 is 0 Å². The van der Waals surface area contributed by atoms with Crippen molar-refractivity contribution in [2.75, 3.05) is 11.5 Å². The Kier molecular flexibility index (Phi) is 7.24. The third-order valence-corrected chi connectivity index (χ3v) is 4.21. The van der Waals surface area contributed by atoms with E-state index in [4.69, 9.17) is 0 Å². The largest absolute Gasteiger partial charge is 0.308 e. The minimum Gasteiger partial charge on any atom is -0.308 e. The number of thioether (sulfide) groups is 1. The van der Waals surface area contributed by atoms with Crippen molar-refractivity contribution in [2.24, 2.45) is 0 Å². The summed E-state index contributed by atoms with van der Waals surface area (Å²) in [5, 5.41) is 3.65. The van der Waals surface area contributed by atoms with Gasteiger partial charge in [0.1, 0.15) is 0 Å². The number of benzene rings is 1. The van der Waals surface area contributed by atoms with E-state index in [-0.39, 0.29) is 0 Å². The molecular weight excluding hydrogens is 294 g/mol. The van der Waals surface area contributed by atoms with Gasteiger partial charge in [0.2, 0.25) is 0 Å². The van der Waals surface area contributed by atoms with Gasteiger partial charge in [-0.1, -0.05) is 35.0 Å². The average molecular weight is 316 g/mol. The van der Waals surface area contributed by atoms with E-state index in [0.717, 1.165) is 4.47 Å². The highest BCUT2D eigenvalue weighted by molar-refractivity contribution is 9.10. The molecule has 1 aromatic carbocycles. The molecule has 0 bridgehead atoms. The average Bonchev–Trinajstić information content (AvgIpc) is 2.29. The first-order chi connectivity index (χ1) is 8.13. The van der Waals surface area contributed by atoms with Crippen LogP contribution >= 0.6 is 27.7 Å². The normalized spacial score (nSPS) is 14.6. The lowest BCUT2D eigenvalue weighted by Gasteiger charge is -2.20. The summed E-state index contributed by atoms with van der Waals surface area (Å²) in [6.07, 6.45) is 1.23. The van der Waals surface area contributed by atoms with Crippen LogP contribution in [0.15, 0.2) is 28.7 Å². The highest BCUT2D eigenvalue weighted by atomic mass is 79.9. The molecule has 0 aliphatic carbocycles.